The van der Waals surface area contributed by atoms with E-state index in [2.05, 4.69) is 55.4 Å². The summed E-state index contributed by atoms with van der Waals surface area (Å²) in [5.41, 5.74) is 0. The summed E-state index contributed by atoms with van der Waals surface area (Å²) in [5, 5.41) is 10.6. The fourth-order valence-corrected chi connectivity index (χ4v) is 14.2. The third kappa shape index (κ3) is 76.1. The Labute approximate surface area is 619 Å². The lowest BCUT2D eigenvalue weighted by molar-refractivity contribution is -0.161. The Balaban J connectivity index is 5.21. The van der Waals surface area contributed by atoms with E-state index < -0.39 is 97.5 Å². The number of esters is 4. The van der Waals surface area contributed by atoms with Gasteiger partial charge in [0.2, 0.25) is 0 Å². The van der Waals surface area contributed by atoms with Crippen molar-refractivity contribution in [3.8, 4) is 0 Å². The molecule has 0 radical (unpaired) electrons. The van der Waals surface area contributed by atoms with Crippen LogP contribution in [0.15, 0.2) is 0 Å². The molecule has 0 aliphatic heterocycles. The van der Waals surface area contributed by atoms with Gasteiger partial charge >= 0.3 is 39.5 Å². The predicted octanol–water partition coefficient (Wildman–Crippen LogP) is 24.4. The number of aliphatic hydroxyl groups excluding tert-OH is 1. The summed E-state index contributed by atoms with van der Waals surface area (Å²) in [7, 11) is -9.92. The number of unbranched alkanes of at least 4 members (excludes halogenated alkanes) is 45. The van der Waals surface area contributed by atoms with Gasteiger partial charge in [0.1, 0.15) is 19.3 Å². The minimum Gasteiger partial charge on any atom is -0.462 e. The van der Waals surface area contributed by atoms with E-state index in [0.29, 0.717) is 31.6 Å². The molecule has 5 atom stereocenters. The summed E-state index contributed by atoms with van der Waals surface area (Å²) < 4.78 is 68.7. The molecule has 600 valence electrons. The zero-order valence-corrected chi connectivity index (χ0v) is 68.3. The van der Waals surface area contributed by atoms with E-state index in [1.807, 2.05) is 0 Å². The fourth-order valence-electron chi connectivity index (χ4n) is 12.6. The van der Waals surface area contributed by atoms with E-state index in [1.54, 1.807) is 0 Å². The van der Waals surface area contributed by atoms with Crippen LogP contribution in [0.25, 0.3) is 0 Å². The maximum atomic E-state index is 13.1. The monoisotopic (exact) mass is 1480 g/mol. The molecule has 0 bridgehead atoms. The minimum absolute atomic E-state index is 0.106. The molecular formula is C82H160O17P2. The van der Waals surface area contributed by atoms with Crippen molar-refractivity contribution < 1.29 is 80.2 Å². The molecule has 0 saturated heterocycles. The minimum atomic E-state index is -4.96. The Morgan fingerprint density at radius 3 is 0.614 bits per heavy atom. The molecule has 0 aromatic rings. The molecule has 0 aliphatic rings. The van der Waals surface area contributed by atoms with Crippen molar-refractivity contribution in [3.05, 3.63) is 0 Å². The zero-order valence-electron chi connectivity index (χ0n) is 66.5. The van der Waals surface area contributed by atoms with Crippen LogP contribution in [-0.2, 0) is 65.4 Å². The highest BCUT2D eigenvalue weighted by Crippen LogP contribution is 2.45. The van der Waals surface area contributed by atoms with Crippen LogP contribution in [0.5, 0.6) is 0 Å². The average molecular weight is 1480 g/mol. The molecule has 0 saturated carbocycles. The molecule has 101 heavy (non-hydrogen) atoms. The topological polar surface area (TPSA) is 237 Å². The van der Waals surface area contributed by atoms with E-state index in [0.717, 1.165) is 114 Å². The second-order valence-corrected chi connectivity index (χ2v) is 34.3. The molecule has 17 nitrogen and oxygen atoms in total. The van der Waals surface area contributed by atoms with E-state index in [9.17, 15) is 43.2 Å². The second-order valence-electron chi connectivity index (χ2n) is 31.4. The van der Waals surface area contributed by atoms with Gasteiger partial charge in [0, 0.05) is 25.7 Å². The molecular weight excluding hydrogens is 1320 g/mol. The van der Waals surface area contributed by atoms with Gasteiger partial charge < -0.3 is 33.8 Å². The quantitative estimate of drug-likeness (QED) is 0.0222. The van der Waals surface area contributed by atoms with E-state index in [1.165, 1.54) is 218 Å². The first kappa shape index (κ1) is 99.1. The van der Waals surface area contributed by atoms with E-state index in [-0.39, 0.29) is 25.7 Å². The molecule has 0 aromatic carbocycles. The number of phosphoric ester groups is 2. The Morgan fingerprint density at radius 2 is 0.416 bits per heavy atom. The van der Waals surface area contributed by atoms with E-state index in [4.69, 9.17) is 37.0 Å². The molecule has 0 amide bonds. The van der Waals surface area contributed by atoms with Crippen LogP contribution in [0, 0.1) is 23.7 Å². The summed E-state index contributed by atoms with van der Waals surface area (Å²) in [6, 6.07) is 0. The molecule has 3 N–H and O–H groups in total. The number of phosphoric acid groups is 2. The third-order valence-electron chi connectivity index (χ3n) is 19.1. The Bertz CT molecular complexity index is 1970. The van der Waals surface area contributed by atoms with Crippen molar-refractivity contribution in [1.82, 2.24) is 0 Å². The van der Waals surface area contributed by atoms with Gasteiger partial charge in [-0.25, -0.2) is 9.13 Å². The standard InChI is InChI=1S/C82H160O17P2/c1-72(2)58-50-42-34-27-21-17-13-11-9-10-12-14-19-23-31-39-48-56-64-81(86)98-77(68-92-79(84)62-54-46-38-30-26-25-29-36-44-52-60-74(5)6)70-96-100(88,89)94-66-76(83)67-95-101(90,91)97-71-78(69-93-80(85)63-55-47-41-33-37-45-53-61-75(7)8)99-82(87)65-57-49-40-32-24-20-16-15-18-22-28-35-43-51-59-73(3)4/h72-78,83H,9-71H2,1-8H3,(H,88,89)(H,90,91)/t76?,77-,78-/m1/s1. The Kier molecular flexibility index (Phi) is 69.6. The SMILES string of the molecule is CC(C)CCCCCCCCCCCCCCCCCCCCC(=O)O[C@H](COC(=O)CCCCCCCCCCCCC(C)C)COP(=O)(O)OCC(O)COP(=O)(O)OC[C@@H](COC(=O)CCCCCCCCCC(C)C)OC(=O)CCCCCCCCCCCCCCCCC(C)C. The van der Waals surface area contributed by atoms with Gasteiger partial charge in [-0.15, -0.1) is 0 Å². The van der Waals surface area contributed by atoms with Gasteiger partial charge in [0.25, 0.3) is 0 Å². The summed E-state index contributed by atoms with van der Waals surface area (Å²) in [6.45, 7) is 14.2. The summed E-state index contributed by atoms with van der Waals surface area (Å²) in [5.74, 6) is 0.965. The highest BCUT2D eigenvalue weighted by molar-refractivity contribution is 7.47. The second kappa shape index (κ2) is 71.0. The van der Waals surface area contributed by atoms with Crippen molar-refractivity contribution in [2.75, 3.05) is 39.6 Å². The maximum Gasteiger partial charge on any atom is 0.472 e. The average Bonchev–Trinajstić information content (AvgIpc) is 1.30. The number of carbonyl (C=O) groups excluding carboxylic acids is 4. The molecule has 0 heterocycles. The molecule has 0 rings (SSSR count). The molecule has 0 aliphatic carbocycles. The number of carbonyl (C=O) groups is 4. The lowest BCUT2D eigenvalue weighted by atomic mass is 10.0. The molecule has 0 aromatic heterocycles. The first-order valence-corrected chi connectivity index (χ1v) is 45.2. The summed E-state index contributed by atoms with van der Waals surface area (Å²) in [6.07, 6.45) is 58.4. The summed E-state index contributed by atoms with van der Waals surface area (Å²) >= 11 is 0. The van der Waals surface area contributed by atoms with Crippen molar-refractivity contribution in [3.63, 3.8) is 0 Å². The van der Waals surface area contributed by atoms with Gasteiger partial charge in [-0.1, -0.05) is 370 Å². The smallest absolute Gasteiger partial charge is 0.462 e. The lowest BCUT2D eigenvalue weighted by Gasteiger charge is -2.21. The maximum absolute atomic E-state index is 13.1. The van der Waals surface area contributed by atoms with Crippen LogP contribution in [0.4, 0.5) is 0 Å². The van der Waals surface area contributed by atoms with Crippen LogP contribution in [0.3, 0.4) is 0 Å². The van der Waals surface area contributed by atoms with Crippen LogP contribution in [0.2, 0.25) is 0 Å². The highest BCUT2D eigenvalue weighted by atomic mass is 31.2. The molecule has 3 unspecified atom stereocenters. The molecule has 0 spiro atoms. The summed E-state index contributed by atoms with van der Waals surface area (Å²) in [4.78, 5) is 73.0. The lowest BCUT2D eigenvalue weighted by Crippen LogP contribution is -2.30. The van der Waals surface area contributed by atoms with E-state index >= 15 is 0 Å². The number of ether oxygens (including phenoxy) is 4. The first-order valence-electron chi connectivity index (χ1n) is 42.2. The normalized spacial score (nSPS) is 14.0. The first-order chi connectivity index (χ1) is 48.6. The van der Waals surface area contributed by atoms with Crippen molar-refractivity contribution in [1.29, 1.82) is 0 Å². The van der Waals surface area contributed by atoms with Crippen molar-refractivity contribution in [2.45, 2.75) is 440 Å². The third-order valence-corrected chi connectivity index (χ3v) is 21.0. The Hall–Kier alpha value is -1.94. The van der Waals surface area contributed by atoms with Gasteiger partial charge in [0.15, 0.2) is 12.2 Å². The number of hydrogen-bond acceptors (Lipinski definition) is 15. The number of hydrogen-bond donors (Lipinski definition) is 3. The van der Waals surface area contributed by atoms with Gasteiger partial charge in [0.05, 0.1) is 26.4 Å². The van der Waals surface area contributed by atoms with Gasteiger partial charge in [-0.05, 0) is 49.4 Å². The number of aliphatic hydroxyl groups is 1. The predicted molar refractivity (Wildman–Crippen MR) is 414 cm³/mol. The van der Waals surface area contributed by atoms with Crippen molar-refractivity contribution >= 4 is 39.5 Å². The Morgan fingerprint density at radius 1 is 0.248 bits per heavy atom. The fraction of sp³-hybridized carbons (Fsp3) is 0.951. The van der Waals surface area contributed by atoms with Crippen LogP contribution >= 0.6 is 15.6 Å². The van der Waals surface area contributed by atoms with Crippen LogP contribution in [-0.4, -0.2) is 96.7 Å². The van der Waals surface area contributed by atoms with Crippen molar-refractivity contribution in [2.24, 2.45) is 23.7 Å². The number of rotatable bonds is 79. The molecule has 0 fully saturated rings. The zero-order chi connectivity index (χ0) is 74.6. The highest BCUT2D eigenvalue weighted by Gasteiger charge is 2.30. The van der Waals surface area contributed by atoms with Gasteiger partial charge in [-0.2, -0.15) is 0 Å². The van der Waals surface area contributed by atoms with Gasteiger partial charge in [-0.3, -0.25) is 37.3 Å². The van der Waals surface area contributed by atoms with Crippen LogP contribution < -0.4 is 0 Å². The van der Waals surface area contributed by atoms with Crippen LogP contribution in [0.1, 0.15) is 421 Å². The molecule has 19 heteroatoms. The largest absolute Gasteiger partial charge is 0.472 e.